The molecule has 0 radical (unpaired) electrons. The summed E-state index contributed by atoms with van der Waals surface area (Å²) < 4.78 is 10.7. The number of fused-ring (bicyclic) bond motifs is 1. The van der Waals surface area contributed by atoms with Crippen molar-refractivity contribution in [2.24, 2.45) is 0 Å². The molecule has 0 fully saturated rings. The second-order valence-electron chi connectivity index (χ2n) is 6.68. The Morgan fingerprint density at radius 3 is 2.70 bits per heavy atom. The van der Waals surface area contributed by atoms with Crippen LogP contribution >= 0.6 is 0 Å². The van der Waals surface area contributed by atoms with Crippen molar-refractivity contribution in [3.8, 4) is 34.0 Å². The molecule has 3 heterocycles. The molecule has 0 aliphatic carbocycles. The molecule has 2 aromatic carbocycles. The van der Waals surface area contributed by atoms with E-state index in [1.807, 2.05) is 54.6 Å². The third-order valence-electron chi connectivity index (χ3n) is 4.71. The fourth-order valence-corrected chi connectivity index (χ4v) is 3.17. The number of aromatic amines is 1. The van der Waals surface area contributed by atoms with Crippen LogP contribution in [0.3, 0.4) is 0 Å². The number of aromatic nitrogens is 4. The van der Waals surface area contributed by atoms with Crippen molar-refractivity contribution in [2.75, 3.05) is 6.79 Å². The lowest BCUT2D eigenvalue weighted by Crippen LogP contribution is -2.23. The normalized spacial score (nSPS) is 12.0. The average molecular weight is 399 g/mol. The quantitative estimate of drug-likeness (QED) is 0.534. The Morgan fingerprint density at radius 1 is 0.933 bits per heavy atom. The van der Waals surface area contributed by atoms with Gasteiger partial charge in [0.05, 0.1) is 23.6 Å². The van der Waals surface area contributed by atoms with E-state index in [1.54, 1.807) is 6.07 Å². The van der Waals surface area contributed by atoms with Crippen LogP contribution in [-0.2, 0) is 6.54 Å². The fraction of sp³-hybridized carbons (Fsp3) is 0.0909. The zero-order chi connectivity index (χ0) is 20.3. The van der Waals surface area contributed by atoms with Gasteiger partial charge in [0.25, 0.3) is 5.91 Å². The summed E-state index contributed by atoms with van der Waals surface area (Å²) in [7, 11) is 0. The molecule has 5 rings (SSSR count). The molecule has 1 aliphatic heterocycles. The number of benzene rings is 2. The lowest BCUT2D eigenvalue weighted by molar-refractivity contribution is 0.0945. The third-order valence-corrected chi connectivity index (χ3v) is 4.71. The Labute approximate surface area is 171 Å². The SMILES string of the molecule is O=C(NCc1cc(-c2ccccc2)ncn1)c1cc(-c2ccc3c(c2)OCO3)n[nH]1. The minimum atomic E-state index is -0.269. The van der Waals surface area contributed by atoms with Crippen LogP contribution < -0.4 is 14.8 Å². The minimum absolute atomic E-state index is 0.210. The smallest absolute Gasteiger partial charge is 0.269 e. The number of rotatable bonds is 5. The van der Waals surface area contributed by atoms with E-state index >= 15 is 0 Å². The topological polar surface area (TPSA) is 102 Å². The van der Waals surface area contributed by atoms with Crippen LogP contribution in [0.25, 0.3) is 22.5 Å². The van der Waals surface area contributed by atoms with Crippen molar-refractivity contribution in [3.63, 3.8) is 0 Å². The van der Waals surface area contributed by atoms with Gasteiger partial charge in [0, 0.05) is 11.1 Å². The summed E-state index contributed by atoms with van der Waals surface area (Å²) in [5.41, 5.74) is 4.35. The van der Waals surface area contributed by atoms with Crippen molar-refractivity contribution in [2.45, 2.75) is 6.54 Å². The number of amides is 1. The van der Waals surface area contributed by atoms with Gasteiger partial charge >= 0.3 is 0 Å². The molecule has 1 aliphatic rings. The lowest BCUT2D eigenvalue weighted by atomic mass is 10.1. The van der Waals surface area contributed by atoms with Gasteiger partial charge in [-0.2, -0.15) is 5.10 Å². The number of hydrogen-bond donors (Lipinski definition) is 2. The first-order valence-electron chi connectivity index (χ1n) is 9.36. The number of carbonyl (C=O) groups excluding carboxylic acids is 1. The molecule has 0 atom stereocenters. The van der Waals surface area contributed by atoms with Gasteiger partial charge in [-0.15, -0.1) is 0 Å². The molecule has 4 aromatic rings. The van der Waals surface area contributed by atoms with Gasteiger partial charge in [0.15, 0.2) is 11.5 Å². The zero-order valence-electron chi connectivity index (χ0n) is 15.8. The Balaban J connectivity index is 1.27. The lowest BCUT2D eigenvalue weighted by Gasteiger charge is -2.05. The van der Waals surface area contributed by atoms with E-state index in [0.717, 1.165) is 16.8 Å². The Morgan fingerprint density at radius 2 is 1.80 bits per heavy atom. The summed E-state index contributed by atoms with van der Waals surface area (Å²) in [6.45, 7) is 0.488. The first-order valence-corrected chi connectivity index (χ1v) is 9.36. The van der Waals surface area contributed by atoms with Gasteiger partial charge in [0.1, 0.15) is 12.0 Å². The van der Waals surface area contributed by atoms with Crippen molar-refractivity contribution in [1.82, 2.24) is 25.5 Å². The first-order chi connectivity index (χ1) is 14.8. The maximum absolute atomic E-state index is 12.5. The van der Waals surface area contributed by atoms with Crippen molar-refractivity contribution in [1.29, 1.82) is 0 Å². The second-order valence-corrected chi connectivity index (χ2v) is 6.68. The number of nitrogens with one attached hydrogen (secondary N) is 2. The number of H-pyrrole nitrogens is 1. The van der Waals surface area contributed by atoms with E-state index in [9.17, 15) is 4.79 Å². The molecule has 2 aromatic heterocycles. The summed E-state index contributed by atoms with van der Waals surface area (Å²) in [5, 5.41) is 9.87. The van der Waals surface area contributed by atoms with Crippen LogP contribution in [0.1, 0.15) is 16.2 Å². The van der Waals surface area contributed by atoms with Crippen molar-refractivity contribution >= 4 is 5.91 Å². The highest BCUT2D eigenvalue weighted by molar-refractivity contribution is 5.93. The molecule has 1 amide bonds. The molecule has 30 heavy (non-hydrogen) atoms. The van der Waals surface area contributed by atoms with E-state index in [0.29, 0.717) is 28.6 Å². The van der Waals surface area contributed by atoms with Crippen LogP contribution in [0.4, 0.5) is 0 Å². The number of carbonyl (C=O) groups is 1. The highest BCUT2D eigenvalue weighted by Gasteiger charge is 2.16. The molecule has 0 spiro atoms. The molecule has 0 bridgehead atoms. The van der Waals surface area contributed by atoms with Gasteiger partial charge in [-0.3, -0.25) is 9.89 Å². The Kier molecular flexibility index (Phi) is 4.57. The van der Waals surface area contributed by atoms with E-state index < -0.39 is 0 Å². The maximum Gasteiger partial charge on any atom is 0.269 e. The summed E-state index contributed by atoms with van der Waals surface area (Å²) in [6.07, 6.45) is 1.50. The van der Waals surface area contributed by atoms with Crippen LogP contribution in [0, 0.1) is 0 Å². The summed E-state index contributed by atoms with van der Waals surface area (Å²) in [6, 6.07) is 18.9. The molecule has 0 saturated carbocycles. The van der Waals surface area contributed by atoms with Gasteiger partial charge in [-0.05, 0) is 30.3 Å². The number of hydrogen-bond acceptors (Lipinski definition) is 6. The van der Waals surface area contributed by atoms with Crippen molar-refractivity contribution < 1.29 is 14.3 Å². The van der Waals surface area contributed by atoms with Gasteiger partial charge in [-0.25, -0.2) is 9.97 Å². The third kappa shape index (κ3) is 3.58. The van der Waals surface area contributed by atoms with Gasteiger partial charge in [0.2, 0.25) is 6.79 Å². The van der Waals surface area contributed by atoms with Crippen molar-refractivity contribution in [3.05, 3.63) is 78.4 Å². The molecule has 0 unspecified atom stereocenters. The number of nitrogens with zero attached hydrogens (tertiary/aromatic N) is 3. The Bertz CT molecular complexity index is 1210. The molecule has 8 nitrogen and oxygen atoms in total. The zero-order valence-corrected chi connectivity index (χ0v) is 15.8. The van der Waals surface area contributed by atoms with E-state index in [4.69, 9.17) is 9.47 Å². The van der Waals surface area contributed by atoms with Crippen LogP contribution in [0.5, 0.6) is 11.5 Å². The van der Waals surface area contributed by atoms with E-state index in [1.165, 1.54) is 6.33 Å². The highest BCUT2D eigenvalue weighted by atomic mass is 16.7. The first kappa shape index (κ1) is 17.9. The predicted octanol–water partition coefficient (Wildman–Crippen LogP) is 3.19. The minimum Gasteiger partial charge on any atom is -0.454 e. The van der Waals surface area contributed by atoms with Crippen LogP contribution in [0.15, 0.2) is 67.0 Å². The molecular formula is C22H17N5O3. The fourth-order valence-electron chi connectivity index (χ4n) is 3.17. The molecule has 2 N–H and O–H groups in total. The van der Waals surface area contributed by atoms with Crippen LogP contribution in [-0.4, -0.2) is 32.9 Å². The summed E-state index contributed by atoms with van der Waals surface area (Å²) in [4.78, 5) is 21.1. The summed E-state index contributed by atoms with van der Waals surface area (Å²) in [5.74, 6) is 1.10. The largest absolute Gasteiger partial charge is 0.454 e. The van der Waals surface area contributed by atoms with E-state index in [-0.39, 0.29) is 19.2 Å². The molecule has 0 saturated heterocycles. The molecular weight excluding hydrogens is 382 g/mol. The highest BCUT2D eigenvalue weighted by Crippen LogP contribution is 2.35. The van der Waals surface area contributed by atoms with Gasteiger partial charge < -0.3 is 14.8 Å². The number of ether oxygens (including phenoxy) is 2. The summed E-state index contributed by atoms with van der Waals surface area (Å²) >= 11 is 0. The monoisotopic (exact) mass is 399 g/mol. The molecule has 148 valence electrons. The second kappa shape index (κ2) is 7.67. The maximum atomic E-state index is 12.5. The average Bonchev–Trinajstić information content (AvgIpc) is 3.47. The standard InChI is InChI=1S/C22H17N5O3/c28-22(23-11-16-9-17(25-12-24-16)14-4-2-1-3-5-14)19-10-18(26-27-19)15-6-7-20-21(8-15)30-13-29-20/h1-10,12H,11,13H2,(H,23,28)(H,26,27). The predicted molar refractivity (Wildman–Crippen MR) is 109 cm³/mol. The Hall–Kier alpha value is -4.20. The molecule has 8 heteroatoms. The van der Waals surface area contributed by atoms with E-state index in [2.05, 4.69) is 25.5 Å². The van der Waals surface area contributed by atoms with Gasteiger partial charge in [-0.1, -0.05) is 30.3 Å². The van der Waals surface area contributed by atoms with Crippen LogP contribution in [0.2, 0.25) is 0 Å².